The topological polar surface area (TPSA) is 12.0 Å². The van der Waals surface area contributed by atoms with Crippen molar-refractivity contribution in [3.63, 3.8) is 0 Å². The van der Waals surface area contributed by atoms with Crippen molar-refractivity contribution in [1.82, 2.24) is 0 Å². The molecule has 19 heavy (non-hydrogen) atoms. The summed E-state index contributed by atoms with van der Waals surface area (Å²) < 4.78 is 0. The maximum Gasteiger partial charge on any atom is 0.0414 e. The van der Waals surface area contributed by atoms with Crippen LogP contribution in [0, 0.1) is 13.8 Å². The van der Waals surface area contributed by atoms with Gasteiger partial charge in [0.15, 0.2) is 0 Å². The van der Waals surface area contributed by atoms with Gasteiger partial charge in [-0.15, -0.1) is 0 Å². The summed E-state index contributed by atoms with van der Waals surface area (Å²) in [5, 5.41) is 3.48. The summed E-state index contributed by atoms with van der Waals surface area (Å²) in [6, 6.07) is 6.47. The molecule has 0 amide bonds. The van der Waals surface area contributed by atoms with Crippen LogP contribution >= 0.6 is 0 Å². The van der Waals surface area contributed by atoms with Gasteiger partial charge in [0.2, 0.25) is 0 Å². The van der Waals surface area contributed by atoms with Crippen LogP contribution in [0.25, 0.3) is 0 Å². The molecule has 0 saturated carbocycles. The molecule has 1 aliphatic carbocycles. The summed E-state index contributed by atoms with van der Waals surface area (Å²) in [7, 11) is 0. The molecule has 1 heteroatoms. The first-order chi connectivity index (χ1) is 9.25. The van der Waals surface area contributed by atoms with Gasteiger partial charge < -0.3 is 5.32 Å². The molecule has 0 radical (unpaired) electrons. The zero-order chi connectivity index (χ0) is 13.5. The Labute approximate surface area is 116 Å². The number of hydrogen-bond donors (Lipinski definition) is 1. The molecule has 0 unspecified atom stereocenters. The van der Waals surface area contributed by atoms with Crippen molar-refractivity contribution in [3.05, 3.63) is 77.6 Å². The van der Waals surface area contributed by atoms with Gasteiger partial charge in [-0.05, 0) is 50.5 Å². The molecule has 1 aliphatic rings. The van der Waals surface area contributed by atoms with Gasteiger partial charge in [-0.3, -0.25) is 0 Å². The van der Waals surface area contributed by atoms with E-state index in [0.717, 1.165) is 24.2 Å². The first-order valence-corrected chi connectivity index (χ1v) is 6.80. The van der Waals surface area contributed by atoms with E-state index < -0.39 is 0 Å². The lowest BCUT2D eigenvalue weighted by atomic mass is 10.1. The largest absolute Gasteiger partial charge is 0.355 e. The monoisotopic (exact) mass is 251 g/mol. The molecule has 0 heterocycles. The molecule has 1 aromatic carbocycles. The minimum Gasteiger partial charge on any atom is -0.355 e. The molecule has 0 spiro atoms. The van der Waals surface area contributed by atoms with Crippen LogP contribution < -0.4 is 5.32 Å². The minimum absolute atomic E-state index is 1.09. The highest BCUT2D eigenvalue weighted by Crippen LogP contribution is 2.18. The second kappa shape index (κ2) is 6.79. The van der Waals surface area contributed by atoms with E-state index in [1.807, 2.05) is 0 Å². The fraction of sp³-hybridized carbons (Fsp3) is 0.222. The Kier molecular flexibility index (Phi) is 4.79. The van der Waals surface area contributed by atoms with Gasteiger partial charge in [-0.2, -0.15) is 0 Å². The molecular weight excluding hydrogens is 230 g/mol. The molecule has 1 nitrogen and oxygen atoms in total. The Hall–Kier alpha value is -2.02. The van der Waals surface area contributed by atoms with E-state index in [1.54, 1.807) is 0 Å². The van der Waals surface area contributed by atoms with Crippen molar-refractivity contribution >= 4 is 5.69 Å². The van der Waals surface area contributed by atoms with E-state index in [2.05, 4.69) is 79.9 Å². The lowest BCUT2D eigenvalue weighted by Gasteiger charge is -2.11. The summed E-state index contributed by atoms with van der Waals surface area (Å²) in [4.78, 5) is 0. The van der Waals surface area contributed by atoms with E-state index in [9.17, 15) is 0 Å². The van der Waals surface area contributed by atoms with E-state index in [4.69, 9.17) is 0 Å². The molecule has 1 aromatic rings. The predicted molar refractivity (Wildman–Crippen MR) is 84.3 cm³/mol. The third kappa shape index (κ3) is 4.29. The Morgan fingerprint density at radius 1 is 0.947 bits per heavy atom. The molecule has 0 bridgehead atoms. The smallest absolute Gasteiger partial charge is 0.0414 e. The second-order valence-electron chi connectivity index (χ2n) is 4.86. The second-order valence-corrected chi connectivity index (χ2v) is 4.86. The van der Waals surface area contributed by atoms with Crippen LogP contribution in [0.15, 0.2) is 66.4 Å². The Morgan fingerprint density at radius 2 is 1.74 bits per heavy atom. The number of benzene rings is 1. The van der Waals surface area contributed by atoms with Gasteiger partial charge in [-0.25, -0.2) is 0 Å². The quantitative estimate of drug-likeness (QED) is 0.774. The first kappa shape index (κ1) is 13.4. The van der Waals surface area contributed by atoms with Crippen molar-refractivity contribution in [1.29, 1.82) is 0 Å². The van der Waals surface area contributed by atoms with Crippen LogP contribution in [0.4, 0.5) is 5.69 Å². The van der Waals surface area contributed by atoms with Crippen LogP contribution in [-0.4, -0.2) is 0 Å². The van der Waals surface area contributed by atoms with Gasteiger partial charge in [-0.1, -0.05) is 48.1 Å². The van der Waals surface area contributed by atoms with Crippen LogP contribution in [-0.2, 0) is 0 Å². The number of rotatable bonds is 2. The maximum absolute atomic E-state index is 3.48. The highest BCUT2D eigenvalue weighted by atomic mass is 14.9. The lowest BCUT2D eigenvalue weighted by Crippen LogP contribution is -1.99. The van der Waals surface area contributed by atoms with Crippen molar-refractivity contribution < 1.29 is 0 Å². The van der Waals surface area contributed by atoms with Crippen LogP contribution in [0.3, 0.4) is 0 Å². The third-order valence-corrected chi connectivity index (χ3v) is 3.10. The van der Waals surface area contributed by atoms with Crippen molar-refractivity contribution in [2.75, 3.05) is 5.32 Å². The van der Waals surface area contributed by atoms with Crippen LogP contribution in [0.2, 0.25) is 0 Å². The fourth-order valence-electron chi connectivity index (χ4n) is 2.04. The number of aryl methyl sites for hydroxylation is 2. The van der Waals surface area contributed by atoms with Gasteiger partial charge in [0.05, 0.1) is 0 Å². The highest BCUT2D eigenvalue weighted by molar-refractivity contribution is 5.57. The number of hydrogen-bond acceptors (Lipinski definition) is 1. The molecule has 2 rings (SSSR count). The fourth-order valence-corrected chi connectivity index (χ4v) is 2.04. The summed E-state index contributed by atoms with van der Waals surface area (Å²) in [6.07, 6.45) is 17.1. The summed E-state index contributed by atoms with van der Waals surface area (Å²) in [5.74, 6) is 0. The number of anilines is 1. The first-order valence-electron chi connectivity index (χ1n) is 6.80. The van der Waals surface area contributed by atoms with E-state index in [-0.39, 0.29) is 0 Å². The SMILES string of the molecule is Cc1ccc(NC2=C/C=C/CC/C=C/C=C\2)c(C)c1. The number of nitrogens with one attached hydrogen (secondary N) is 1. The van der Waals surface area contributed by atoms with E-state index >= 15 is 0 Å². The maximum atomic E-state index is 3.48. The zero-order valence-corrected chi connectivity index (χ0v) is 11.7. The van der Waals surface area contributed by atoms with Crippen LogP contribution in [0.5, 0.6) is 0 Å². The molecule has 0 atom stereocenters. The molecule has 98 valence electrons. The normalized spacial score (nSPS) is 22.9. The molecule has 0 aliphatic heterocycles. The van der Waals surface area contributed by atoms with Gasteiger partial charge in [0, 0.05) is 11.4 Å². The van der Waals surface area contributed by atoms with Gasteiger partial charge >= 0.3 is 0 Å². The lowest BCUT2D eigenvalue weighted by molar-refractivity contribution is 1.05. The van der Waals surface area contributed by atoms with E-state index in [0.29, 0.717) is 0 Å². The van der Waals surface area contributed by atoms with Crippen LogP contribution in [0.1, 0.15) is 24.0 Å². The Morgan fingerprint density at radius 3 is 2.53 bits per heavy atom. The third-order valence-electron chi connectivity index (χ3n) is 3.10. The average molecular weight is 251 g/mol. The summed E-state index contributed by atoms with van der Waals surface area (Å²) >= 11 is 0. The van der Waals surface area contributed by atoms with Crippen molar-refractivity contribution in [3.8, 4) is 0 Å². The number of allylic oxidation sites excluding steroid dienone is 7. The average Bonchev–Trinajstić information content (AvgIpc) is 2.40. The predicted octanol–water partition coefficient (Wildman–Crippen LogP) is 5.06. The molecule has 0 saturated heterocycles. The van der Waals surface area contributed by atoms with Crippen molar-refractivity contribution in [2.24, 2.45) is 0 Å². The van der Waals surface area contributed by atoms with Gasteiger partial charge in [0.1, 0.15) is 0 Å². The highest BCUT2D eigenvalue weighted by Gasteiger charge is 1.99. The molecule has 1 N–H and O–H groups in total. The van der Waals surface area contributed by atoms with Gasteiger partial charge in [0.25, 0.3) is 0 Å². The zero-order valence-electron chi connectivity index (χ0n) is 11.7. The Balaban J connectivity index is 2.19. The summed E-state index contributed by atoms with van der Waals surface area (Å²) in [6.45, 7) is 4.25. The molecule has 0 fully saturated rings. The minimum atomic E-state index is 1.09. The Bertz CT molecular complexity index is 545. The summed E-state index contributed by atoms with van der Waals surface area (Å²) in [5.41, 5.74) is 4.83. The van der Waals surface area contributed by atoms with Crippen molar-refractivity contribution in [2.45, 2.75) is 26.7 Å². The van der Waals surface area contributed by atoms with E-state index in [1.165, 1.54) is 11.1 Å². The molecular formula is C18H21N. The molecule has 0 aromatic heterocycles. The standard InChI is InChI=1S/C18H21N/c1-15-12-13-18(16(2)14-15)19-17-10-8-6-4-3-5-7-9-11-17/h4,6-14,19H,3,5H2,1-2H3/b6-4+,9-7+,10-8-,17-11+.